The molecule has 104 valence electrons. The van der Waals surface area contributed by atoms with Crippen LogP contribution in [0.4, 0.5) is 10.5 Å². The van der Waals surface area contributed by atoms with Crippen molar-refractivity contribution in [1.82, 2.24) is 10.6 Å². The standard InChI is InChI=1S/C13H19N3O3/c1-3-14-12(17)9-15-13(18)16-10-6-5-7-11(8-10)19-4-2/h5-8H,3-4,9H2,1-2H3,(H,14,17)(H2,15,16,18). The van der Waals surface area contributed by atoms with Gasteiger partial charge in [0.15, 0.2) is 0 Å². The lowest BCUT2D eigenvalue weighted by molar-refractivity contribution is -0.119. The lowest BCUT2D eigenvalue weighted by atomic mass is 10.3. The van der Waals surface area contributed by atoms with Gasteiger partial charge < -0.3 is 20.7 Å². The molecule has 1 aromatic carbocycles. The van der Waals surface area contributed by atoms with Crippen molar-refractivity contribution in [3.05, 3.63) is 24.3 Å². The predicted molar refractivity (Wildman–Crippen MR) is 73.3 cm³/mol. The van der Waals surface area contributed by atoms with Gasteiger partial charge in [0.25, 0.3) is 0 Å². The highest BCUT2D eigenvalue weighted by molar-refractivity contribution is 5.92. The zero-order valence-electron chi connectivity index (χ0n) is 11.2. The van der Waals surface area contributed by atoms with Gasteiger partial charge in [-0.05, 0) is 26.0 Å². The Balaban J connectivity index is 2.43. The summed E-state index contributed by atoms with van der Waals surface area (Å²) in [6.45, 7) is 4.76. The fraction of sp³-hybridized carbons (Fsp3) is 0.385. The lowest BCUT2D eigenvalue weighted by Crippen LogP contribution is -2.38. The lowest BCUT2D eigenvalue weighted by Gasteiger charge is -2.09. The van der Waals surface area contributed by atoms with Crippen LogP contribution in [0.3, 0.4) is 0 Å². The van der Waals surface area contributed by atoms with Crippen LogP contribution in [-0.2, 0) is 4.79 Å². The minimum atomic E-state index is -0.431. The van der Waals surface area contributed by atoms with Gasteiger partial charge in [0.05, 0.1) is 13.2 Å². The van der Waals surface area contributed by atoms with Gasteiger partial charge in [0.2, 0.25) is 5.91 Å². The van der Waals surface area contributed by atoms with Gasteiger partial charge in [-0.2, -0.15) is 0 Å². The Bertz CT molecular complexity index is 435. The summed E-state index contributed by atoms with van der Waals surface area (Å²) >= 11 is 0. The number of amides is 3. The first-order chi connectivity index (χ1) is 9.15. The molecule has 0 aliphatic heterocycles. The molecule has 1 aromatic rings. The van der Waals surface area contributed by atoms with Crippen LogP contribution in [-0.4, -0.2) is 31.6 Å². The maximum atomic E-state index is 11.5. The Labute approximate surface area is 112 Å². The number of rotatable bonds is 6. The van der Waals surface area contributed by atoms with Crippen molar-refractivity contribution in [1.29, 1.82) is 0 Å². The van der Waals surface area contributed by atoms with Gasteiger partial charge in [-0.15, -0.1) is 0 Å². The average Bonchev–Trinajstić information content (AvgIpc) is 2.38. The van der Waals surface area contributed by atoms with Crippen molar-refractivity contribution < 1.29 is 14.3 Å². The Morgan fingerprint density at radius 1 is 1.21 bits per heavy atom. The van der Waals surface area contributed by atoms with Crippen molar-refractivity contribution >= 4 is 17.6 Å². The molecule has 1 rings (SSSR count). The van der Waals surface area contributed by atoms with E-state index in [0.29, 0.717) is 24.6 Å². The molecule has 0 fully saturated rings. The number of carbonyl (C=O) groups is 2. The van der Waals surface area contributed by atoms with E-state index in [4.69, 9.17) is 4.74 Å². The fourth-order valence-corrected chi connectivity index (χ4v) is 1.43. The predicted octanol–water partition coefficient (Wildman–Crippen LogP) is 1.34. The van der Waals surface area contributed by atoms with E-state index in [-0.39, 0.29) is 12.5 Å². The van der Waals surface area contributed by atoms with E-state index in [2.05, 4.69) is 16.0 Å². The summed E-state index contributed by atoms with van der Waals surface area (Å²) in [5.41, 5.74) is 0.611. The zero-order valence-corrected chi connectivity index (χ0v) is 11.2. The normalized spacial score (nSPS) is 9.58. The Kier molecular flexibility index (Phi) is 6.21. The van der Waals surface area contributed by atoms with Crippen molar-refractivity contribution in [2.24, 2.45) is 0 Å². The fourth-order valence-electron chi connectivity index (χ4n) is 1.43. The Morgan fingerprint density at radius 3 is 2.68 bits per heavy atom. The SMILES string of the molecule is CCNC(=O)CNC(=O)Nc1cccc(OCC)c1. The van der Waals surface area contributed by atoms with Crippen molar-refractivity contribution in [2.45, 2.75) is 13.8 Å². The molecule has 3 N–H and O–H groups in total. The molecule has 0 aliphatic carbocycles. The number of benzene rings is 1. The van der Waals surface area contributed by atoms with Crippen molar-refractivity contribution in [3.8, 4) is 5.75 Å². The van der Waals surface area contributed by atoms with Gasteiger partial charge in [-0.25, -0.2) is 4.79 Å². The van der Waals surface area contributed by atoms with E-state index < -0.39 is 6.03 Å². The van der Waals surface area contributed by atoms with Crippen molar-refractivity contribution in [3.63, 3.8) is 0 Å². The van der Waals surface area contributed by atoms with E-state index in [1.54, 1.807) is 24.3 Å². The van der Waals surface area contributed by atoms with E-state index in [1.165, 1.54) is 0 Å². The maximum absolute atomic E-state index is 11.5. The first-order valence-corrected chi connectivity index (χ1v) is 6.20. The number of hydrogen-bond acceptors (Lipinski definition) is 3. The number of anilines is 1. The molecule has 0 aliphatic rings. The van der Waals surface area contributed by atoms with Crippen LogP contribution in [0.25, 0.3) is 0 Å². The summed E-state index contributed by atoms with van der Waals surface area (Å²) in [4.78, 5) is 22.7. The van der Waals surface area contributed by atoms with Crippen LogP contribution in [0.2, 0.25) is 0 Å². The molecule has 0 bridgehead atoms. The van der Waals surface area contributed by atoms with E-state index in [9.17, 15) is 9.59 Å². The Morgan fingerprint density at radius 2 is 2.00 bits per heavy atom. The number of hydrogen-bond donors (Lipinski definition) is 3. The topological polar surface area (TPSA) is 79.5 Å². The van der Waals surface area contributed by atoms with E-state index >= 15 is 0 Å². The summed E-state index contributed by atoms with van der Waals surface area (Å²) in [7, 11) is 0. The second-order valence-corrected chi connectivity index (χ2v) is 3.72. The molecule has 0 radical (unpaired) electrons. The molecular formula is C13H19N3O3. The molecule has 0 unspecified atom stereocenters. The molecule has 19 heavy (non-hydrogen) atoms. The summed E-state index contributed by atoms with van der Waals surface area (Å²) in [6, 6.07) is 6.62. The smallest absolute Gasteiger partial charge is 0.319 e. The second-order valence-electron chi connectivity index (χ2n) is 3.72. The minimum absolute atomic E-state index is 0.0508. The maximum Gasteiger partial charge on any atom is 0.319 e. The van der Waals surface area contributed by atoms with E-state index in [0.717, 1.165) is 0 Å². The van der Waals surface area contributed by atoms with Gasteiger partial charge in [-0.1, -0.05) is 6.07 Å². The quantitative estimate of drug-likeness (QED) is 0.726. The molecule has 0 heterocycles. The van der Waals surface area contributed by atoms with Crippen LogP contribution in [0.5, 0.6) is 5.75 Å². The molecule has 6 heteroatoms. The Hall–Kier alpha value is -2.24. The van der Waals surface area contributed by atoms with Gasteiger partial charge in [-0.3, -0.25) is 4.79 Å². The van der Waals surface area contributed by atoms with Crippen LogP contribution in [0.15, 0.2) is 24.3 Å². The molecular weight excluding hydrogens is 246 g/mol. The monoisotopic (exact) mass is 265 g/mol. The zero-order chi connectivity index (χ0) is 14.1. The molecule has 0 atom stereocenters. The largest absolute Gasteiger partial charge is 0.494 e. The molecule has 6 nitrogen and oxygen atoms in total. The molecule has 3 amide bonds. The summed E-state index contributed by atoms with van der Waals surface area (Å²) in [6.07, 6.45) is 0. The average molecular weight is 265 g/mol. The molecule has 0 aromatic heterocycles. The third-order valence-electron chi connectivity index (χ3n) is 2.19. The molecule has 0 saturated carbocycles. The molecule has 0 saturated heterocycles. The summed E-state index contributed by atoms with van der Waals surface area (Å²) in [5, 5.41) is 7.68. The van der Waals surface area contributed by atoms with E-state index in [1.807, 2.05) is 13.8 Å². The van der Waals surface area contributed by atoms with Crippen LogP contribution in [0, 0.1) is 0 Å². The molecule has 0 spiro atoms. The highest BCUT2D eigenvalue weighted by Gasteiger charge is 2.05. The number of likely N-dealkylation sites (N-methyl/N-ethyl adjacent to an activating group) is 1. The van der Waals surface area contributed by atoms with Gasteiger partial charge >= 0.3 is 6.03 Å². The number of carbonyl (C=O) groups excluding carboxylic acids is 2. The third-order valence-corrected chi connectivity index (χ3v) is 2.19. The summed E-state index contributed by atoms with van der Waals surface area (Å²) < 4.78 is 5.32. The van der Waals surface area contributed by atoms with Crippen LogP contribution < -0.4 is 20.7 Å². The highest BCUT2D eigenvalue weighted by Crippen LogP contribution is 2.16. The summed E-state index contributed by atoms with van der Waals surface area (Å²) in [5.74, 6) is 0.463. The number of ether oxygens (including phenoxy) is 1. The van der Waals surface area contributed by atoms with Crippen LogP contribution >= 0.6 is 0 Å². The third kappa shape index (κ3) is 5.76. The van der Waals surface area contributed by atoms with Crippen LogP contribution in [0.1, 0.15) is 13.8 Å². The highest BCUT2D eigenvalue weighted by atomic mass is 16.5. The first-order valence-electron chi connectivity index (χ1n) is 6.20. The van der Waals surface area contributed by atoms with Gasteiger partial charge in [0, 0.05) is 18.3 Å². The van der Waals surface area contributed by atoms with Crippen molar-refractivity contribution in [2.75, 3.05) is 25.0 Å². The number of nitrogens with one attached hydrogen (secondary N) is 3. The van der Waals surface area contributed by atoms with Gasteiger partial charge in [0.1, 0.15) is 5.75 Å². The second kappa shape index (κ2) is 7.97. The number of urea groups is 1. The first kappa shape index (κ1) is 14.8. The minimum Gasteiger partial charge on any atom is -0.494 e.